The number of halogens is 2. The van der Waals surface area contributed by atoms with Gasteiger partial charge in [0.25, 0.3) is 0 Å². The molecule has 0 aliphatic carbocycles. The summed E-state index contributed by atoms with van der Waals surface area (Å²) in [5, 5.41) is 7.53. The average molecular weight is 260 g/mol. The minimum atomic E-state index is -0.326. The van der Waals surface area contributed by atoms with Crippen molar-refractivity contribution in [1.29, 1.82) is 0 Å². The molecule has 0 spiro atoms. The zero-order chi connectivity index (χ0) is 12.8. The quantitative estimate of drug-likeness (QED) is 0.587. The van der Waals surface area contributed by atoms with Crippen LogP contribution < -0.4 is 0 Å². The van der Waals surface area contributed by atoms with Gasteiger partial charge in [0, 0.05) is 0 Å². The minimum absolute atomic E-state index is 0. The van der Waals surface area contributed by atoms with E-state index in [9.17, 15) is 8.78 Å². The Bertz CT molecular complexity index is 539. The highest BCUT2D eigenvalue weighted by atomic mass is 19.1. The molecule has 0 amide bonds. The molecule has 0 fully saturated rings. The van der Waals surface area contributed by atoms with E-state index in [1.807, 2.05) is 0 Å². The number of hydrogen-bond acceptors (Lipinski definition) is 2. The fraction of sp³-hybridized carbons (Fsp3) is 0.0667. The molecular formula is C15H14F2N2. The fourth-order valence-corrected chi connectivity index (χ4v) is 1.37. The van der Waals surface area contributed by atoms with E-state index in [-0.39, 0.29) is 19.1 Å². The van der Waals surface area contributed by atoms with Gasteiger partial charge in [0.15, 0.2) is 0 Å². The van der Waals surface area contributed by atoms with E-state index in [1.54, 1.807) is 24.3 Å². The molecule has 0 saturated carbocycles. The van der Waals surface area contributed by atoms with E-state index in [0.717, 1.165) is 0 Å². The predicted molar refractivity (Wildman–Crippen MR) is 74.7 cm³/mol. The van der Waals surface area contributed by atoms with Gasteiger partial charge in [-0.3, -0.25) is 0 Å². The van der Waals surface area contributed by atoms with Crippen LogP contribution in [0.15, 0.2) is 58.7 Å². The first-order chi connectivity index (χ1) is 8.74. The van der Waals surface area contributed by atoms with Crippen LogP contribution in [0.2, 0.25) is 0 Å². The third-order valence-electron chi connectivity index (χ3n) is 2.18. The molecule has 0 saturated heterocycles. The van der Waals surface area contributed by atoms with Gasteiger partial charge >= 0.3 is 0 Å². The van der Waals surface area contributed by atoms with Gasteiger partial charge in [0.05, 0.1) is 12.4 Å². The van der Waals surface area contributed by atoms with Crippen molar-refractivity contribution < 1.29 is 8.78 Å². The molecule has 0 heterocycles. The van der Waals surface area contributed by atoms with E-state index in [0.29, 0.717) is 11.1 Å². The van der Waals surface area contributed by atoms with Crippen molar-refractivity contribution >= 4 is 12.4 Å². The third kappa shape index (κ3) is 4.79. The first kappa shape index (κ1) is 14.7. The van der Waals surface area contributed by atoms with E-state index >= 15 is 0 Å². The van der Waals surface area contributed by atoms with E-state index in [2.05, 4.69) is 10.2 Å². The Morgan fingerprint density at radius 3 is 1.53 bits per heavy atom. The first-order valence-electron chi connectivity index (χ1n) is 5.31. The van der Waals surface area contributed by atoms with E-state index < -0.39 is 0 Å². The summed E-state index contributed by atoms with van der Waals surface area (Å²) < 4.78 is 25.7. The Balaban J connectivity index is 0.00000180. The van der Waals surface area contributed by atoms with Crippen LogP contribution in [0.4, 0.5) is 8.78 Å². The van der Waals surface area contributed by atoms with Crippen LogP contribution in [-0.4, -0.2) is 12.4 Å². The Hall–Kier alpha value is -2.36. The van der Waals surface area contributed by atoms with Crippen LogP contribution in [0.5, 0.6) is 0 Å². The van der Waals surface area contributed by atoms with Gasteiger partial charge in [-0.15, -0.1) is 0 Å². The molecule has 4 heteroatoms. The number of nitrogens with zero attached hydrogens (tertiary/aromatic N) is 2. The maximum atomic E-state index is 12.8. The van der Waals surface area contributed by atoms with Crippen molar-refractivity contribution in [3.8, 4) is 0 Å². The van der Waals surface area contributed by atoms with E-state index in [1.165, 1.54) is 36.7 Å². The number of benzene rings is 2. The molecule has 0 aliphatic heterocycles. The van der Waals surface area contributed by atoms with Crippen LogP contribution in [0.3, 0.4) is 0 Å². The fourth-order valence-electron chi connectivity index (χ4n) is 1.37. The average Bonchev–Trinajstić information content (AvgIpc) is 2.35. The second-order valence-corrected chi connectivity index (χ2v) is 3.60. The zero-order valence-electron chi connectivity index (χ0n) is 9.42. The van der Waals surface area contributed by atoms with Gasteiger partial charge in [0.1, 0.15) is 11.6 Å². The van der Waals surface area contributed by atoms with Crippen LogP contribution in [0, 0.1) is 11.6 Å². The first-order valence-corrected chi connectivity index (χ1v) is 5.31. The summed E-state index contributed by atoms with van der Waals surface area (Å²) in [5.74, 6) is -0.652. The summed E-state index contributed by atoms with van der Waals surface area (Å²) in [7, 11) is 0. The van der Waals surface area contributed by atoms with Gasteiger partial charge in [-0.2, -0.15) is 10.2 Å². The monoisotopic (exact) mass is 260 g/mol. The van der Waals surface area contributed by atoms with Crippen molar-refractivity contribution in [2.45, 2.75) is 7.43 Å². The van der Waals surface area contributed by atoms with Crippen LogP contribution in [-0.2, 0) is 0 Å². The van der Waals surface area contributed by atoms with Gasteiger partial charge < -0.3 is 0 Å². The summed E-state index contributed by atoms with van der Waals surface area (Å²) in [6.07, 6.45) is 2.86. The molecule has 0 aromatic heterocycles. The summed E-state index contributed by atoms with van der Waals surface area (Å²) in [6, 6.07) is 12.0. The van der Waals surface area contributed by atoms with Crippen LogP contribution >= 0.6 is 0 Å². The van der Waals surface area contributed by atoms with Crippen molar-refractivity contribution in [3.63, 3.8) is 0 Å². The SMILES string of the molecule is C.Fc1cccc(/C=N/N=C/c2cccc(F)c2)c1. The second kappa shape index (κ2) is 7.16. The number of hydrogen-bond donors (Lipinski definition) is 0. The Labute approximate surface area is 111 Å². The summed E-state index contributed by atoms with van der Waals surface area (Å²) in [5.41, 5.74) is 1.23. The molecule has 98 valence electrons. The van der Waals surface area contributed by atoms with Crippen molar-refractivity contribution in [2.75, 3.05) is 0 Å². The van der Waals surface area contributed by atoms with Crippen LogP contribution in [0.1, 0.15) is 18.6 Å². The largest absolute Gasteiger partial charge is 0.207 e. The van der Waals surface area contributed by atoms with Gasteiger partial charge in [0.2, 0.25) is 0 Å². The summed E-state index contributed by atoms with van der Waals surface area (Å²) in [4.78, 5) is 0. The highest BCUT2D eigenvalue weighted by Crippen LogP contribution is 2.02. The van der Waals surface area contributed by atoms with Gasteiger partial charge in [-0.1, -0.05) is 31.7 Å². The summed E-state index contributed by atoms with van der Waals surface area (Å²) >= 11 is 0. The van der Waals surface area contributed by atoms with Crippen molar-refractivity contribution in [1.82, 2.24) is 0 Å². The van der Waals surface area contributed by atoms with Gasteiger partial charge in [-0.05, 0) is 35.4 Å². The molecule has 2 rings (SSSR count). The number of rotatable bonds is 3. The highest BCUT2D eigenvalue weighted by Gasteiger charge is 1.91. The Morgan fingerprint density at radius 1 is 0.737 bits per heavy atom. The zero-order valence-corrected chi connectivity index (χ0v) is 9.42. The lowest BCUT2D eigenvalue weighted by molar-refractivity contribution is 0.627. The van der Waals surface area contributed by atoms with E-state index in [4.69, 9.17) is 0 Å². The lowest BCUT2D eigenvalue weighted by atomic mass is 10.2. The van der Waals surface area contributed by atoms with Gasteiger partial charge in [-0.25, -0.2) is 8.78 Å². The highest BCUT2D eigenvalue weighted by molar-refractivity contribution is 5.82. The van der Waals surface area contributed by atoms with Crippen LogP contribution in [0.25, 0.3) is 0 Å². The maximum Gasteiger partial charge on any atom is 0.123 e. The molecule has 0 atom stereocenters. The topological polar surface area (TPSA) is 24.7 Å². The molecule has 0 bridgehead atoms. The molecular weight excluding hydrogens is 246 g/mol. The van der Waals surface area contributed by atoms with Crippen molar-refractivity contribution in [2.24, 2.45) is 10.2 Å². The lowest BCUT2D eigenvalue weighted by Gasteiger charge is -1.91. The molecule has 2 nitrogen and oxygen atoms in total. The Kier molecular flexibility index (Phi) is 5.54. The van der Waals surface area contributed by atoms with Crippen molar-refractivity contribution in [3.05, 3.63) is 71.3 Å². The molecule has 0 unspecified atom stereocenters. The minimum Gasteiger partial charge on any atom is -0.207 e. The molecule has 0 radical (unpaired) electrons. The molecule has 2 aromatic carbocycles. The predicted octanol–water partition coefficient (Wildman–Crippen LogP) is 4.05. The normalized spacial score (nSPS) is 10.8. The molecule has 2 aromatic rings. The summed E-state index contributed by atoms with van der Waals surface area (Å²) in [6.45, 7) is 0. The standard InChI is InChI=1S/C14H10F2N2.CH4/c15-13-5-1-3-11(7-13)9-17-18-10-12-4-2-6-14(16)8-12;/h1-10H;1H4/b17-9+,18-10+;. The smallest absolute Gasteiger partial charge is 0.123 e. The molecule has 0 N–H and O–H groups in total. The lowest BCUT2D eigenvalue weighted by Crippen LogP contribution is -1.83. The Morgan fingerprint density at radius 2 is 1.16 bits per heavy atom. The second-order valence-electron chi connectivity index (χ2n) is 3.60. The maximum absolute atomic E-state index is 12.8. The molecule has 0 aliphatic rings. The third-order valence-corrected chi connectivity index (χ3v) is 2.18. The molecule has 19 heavy (non-hydrogen) atoms.